The Labute approximate surface area is 106 Å². The van der Waals surface area contributed by atoms with Gasteiger partial charge in [-0.1, -0.05) is 13.3 Å². The maximum Gasteiger partial charge on any atom is 0.105 e. The molecule has 3 heteroatoms. The van der Waals surface area contributed by atoms with Crippen LogP contribution in [0, 0.1) is 17.2 Å². The molecule has 17 heavy (non-hydrogen) atoms. The van der Waals surface area contributed by atoms with Crippen molar-refractivity contribution in [3.8, 4) is 6.07 Å². The van der Waals surface area contributed by atoms with Crippen LogP contribution >= 0.6 is 0 Å². The molecule has 0 radical (unpaired) electrons. The van der Waals surface area contributed by atoms with E-state index in [1.54, 1.807) is 0 Å². The third-order valence-corrected chi connectivity index (χ3v) is 4.35. The second-order valence-corrected chi connectivity index (χ2v) is 5.63. The highest BCUT2D eigenvalue weighted by atomic mass is 15.2. The summed E-state index contributed by atoms with van der Waals surface area (Å²) in [4.78, 5) is 2.54. The zero-order valence-corrected chi connectivity index (χ0v) is 11.8. The minimum Gasteiger partial charge on any atom is -0.303 e. The monoisotopic (exact) mass is 237 g/mol. The lowest BCUT2D eigenvalue weighted by molar-refractivity contribution is 0.122. The quantitative estimate of drug-likeness (QED) is 0.798. The van der Waals surface area contributed by atoms with Crippen molar-refractivity contribution in [1.29, 1.82) is 5.26 Å². The number of piperidine rings is 1. The number of nitrogens with one attached hydrogen (secondary N) is 1. The Balaban J connectivity index is 2.44. The van der Waals surface area contributed by atoms with Crippen LogP contribution < -0.4 is 5.32 Å². The van der Waals surface area contributed by atoms with E-state index in [4.69, 9.17) is 0 Å². The fraction of sp³-hybridized carbons (Fsp3) is 0.929. The van der Waals surface area contributed by atoms with Crippen molar-refractivity contribution in [1.82, 2.24) is 10.2 Å². The summed E-state index contributed by atoms with van der Waals surface area (Å²) in [7, 11) is 1.87. The summed E-state index contributed by atoms with van der Waals surface area (Å²) >= 11 is 0. The fourth-order valence-corrected chi connectivity index (χ4v) is 2.73. The Morgan fingerprint density at radius 2 is 2.06 bits per heavy atom. The standard InChI is InChI=1S/C14H27N3/c1-5-13-6-8-17(9-7-13)12(2)10-14(3,11-15)16-4/h12-13,16H,5-10H2,1-4H3. The third-order valence-electron chi connectivity index (χ3n) is 4.35. The van der Waals surface area contributed by atoms with E-state index in [1.807, 2.05) is 14.0 Å². The van der Waals surface area contributed by atoms with Crippen molar-refractivity contribution in [3.63, 3.8) is 0 Å². The number of nitrogens with zero attached hydrogens (tertiary/aromatic N) is 2. The predicted molar refractivity (Wildman–Crippen MR) is 71.7 cm³/mol. The van der Waals surface area contributed by atoms with E-state index in [2.05, 4.69) is 30.1 Å². The van der Waals surface area contributed by atoms with Gasteiger partial charge in [0.05, 0.1) is 6.07 Å². The molecule has 0 aliphatic carbocycles. The molecule has 0 spiro atoms. The molecule has 0 aromatic carbocycles. The van der Waals surface area contributed by atoms with Crippen LogP contribution in [-0.4, -0.2) is 36.6 Å². The lowest BCUT2D eigenvalue weighted by atomic mass is 9.90. The molecule has 1 fully saturated rings. The Hall–Kier alpha value is -0.590. The molecule has 0 saturated carbocycles. The molecule has 1 saturated heterocycles. The summed E-state index contributed by atoms with van der Waals surface area (Å²) in [6.07, 6.45) is 4.86. The van der Waals surface area contributed by atoms with Gasteiger partial charge in [-0.3, -0.25) is 0 Å². The average molecular weight is 237 g/mol. The van der Waals surface area contributed by atoms with Gasteiger partial charge >= 0.3 is 0 Å². The number of nitriles is 1. The summed E-state index contributed by atoms with van der Waals surface area (Å²) in [6.45, 7) is 8.93. The van der Waals surface area contributed by atoms with Gasteiger partial charge in [0.15, 0.2) is 0 Å². The number of rotatable bonds is 5. The first-order valence-electron chi connectivity index (χ1n) is 6.89. The first-order chi connectivity index (χ1) is 8.04. The molecule has 2 unspecified atom stereocenters. The van der Waals surface area contributed by atoms with Crippen LogP contribution in [0.25, 0.3) is 0 Å². The Morgan fingerprint density at radius 3 is 2.47 bits per heavy atom. The van der Waals surface area contributed by atoms with Gasteiger partial charge in [0.25, 0.3) is 0 Å². The highest BCUT2D eigenvalue weighted by molar-refractivity contribution is 5.04. The van der Waals surface area contributed by atoms with Gasteiger partial charge in [0.1, 0.15) is 5.54 Å². The van der Waals surface area contributed by atoms with Gasteiger partial charge in [-0.05, 0) is 59.2 Å². The van der Waals surface area contributed by atoms with E-state index in [-0.39, 0.29) is 5.54 Å². The Morgan fingerprint density at radius 1 is 1.47 bits per heavy atom. The van der Waals surface area contributed by atoms with Crippen molar-refractivity contribution in [2.75, 3.05) is 20.1 Å². The lowest BCUT2D eigenvalue weighted by Gasteiger charge is -2.38. The van der Waals surface area contributed by atoms with Crippen molar-refractivity contribution < 1.29 is 0 Å². The predicted octanol–water partition coefficient (Wildman–Crippen LogP) is 2.39. The van der Waals surface area contributed by atoms with Crippen LogP contribution in [0.15, 0.2) is 0 Å². The van der Waals surface area contributed by atoms with E-state index in [9.17, 15) is 5.26 Å². The van der Waals surface area contributed by atoms with Crippen LogP contribution in [0.3, 0.4) is 0 Å². The SMILES string of the molecule is CCC1CCN(C(C)CC(C)(C#N)NC)CC1. The van der Waals surface area contributed by atoms with Crippen LogP contribution in [0.2, 0.25) is 0 Å². The highest BCUT2D eigenvalue weighted by Crippen LogP contribution is 2.24. The van der Waals surface area contributed by atoms with Crippen LogP contribution in [0.4, 0.5) is 0 Å². The van der Waals surface area contributed by atoms with Crippen LogP contribution in [0.1, 0.15) is 46.5 Å². The smallest absolute Gasteiger partial charge is 0.105 e. The maximum atomic E-state index is 9.18. The number of likely N-dealkylation sites (tertiary alicyclic amines) is 1. The summed E-state index contributed by atoms with van der Waals surface area (Å²) in [6, 6.07) is 2.87. The summed E-state index contributed by atoms with van der Waals surface area (Å²) in [5, 5.41) is 12.3. The minimum absolute atomic E-state index is 0.388. The first-order valence-corrected chi connectivity index (χ1v) is 6.89. The molecule has 1 heterocycles. The number of hydrogen-bond donors (Lipinski definition) is 1. The van der Waals surface area contributed by atoms with E-state index in [0.717, 1.165) is 12.3 Å². The molecule has 1 aliphatic rings. The Bertz CT molecular complexity index is 263. The molecule has 0 bridgehead atoms. The number of hydrogen-bond acceptors (Lipinski definition) is 3. The molecule has 0 amide bonds. The van der Waals surface area contributed by atoms with Gasteiger partial charge in [0, 0.05) is 6.04 Å². The minimum atomic E-state index is -0.388. The van der Waals surface area contributed by atoms with Crippen molar-refractivity contribution >= 4 is 0 Å². The fourth-order valence-electron chi connectivity index (χ4n) is 2.73. The molecular formula is C14H27N3. The van der Waals surface area contributed by atoms with E-state index in [1.165, 1.54) is 32.4 Å². The molecule has 0 aromatic rings. The highest BCUT2D eigenvalue weighted by Gasteiger charge is 2.29. The molecule has 2 atom stereocenters. The molecule has 1 aliphatic heterocycles. The molecule has 98 valence electrons. The molecule has 1 N–H and O–H groups in total. The van der Waals surface area contributed by atoms with Crippen molar-refractivity contribution in [3.05, 3.63) is 0 Å². The zero-order chi connectivity index (χ0) is 12.9. The van der Waals surface area contributed by atoms with Gasteiger partial charge in [-0.25, -0.2) is 0 Å². The van der Waals surface area contributed by atoms with Crippen molar-refractivity contribution in [2.24, 2.45) is 5.92 Å². The second kappa shape index (κ2) is 6.37. The normalized spacial score (nSPS) is 23.9. The van der Waals surface area contributed by atoms with Crippen molar-refractivity contribution in [2.45, 2.75) is 58.0 Å². The summed E-state index contributed by atoms with van der Waals surface area (Å²) < 4.78 is 0. The average Bonchev–Trinajstić information content (AvgIpc) is 2.38. The van der Waals surface area contributed by atoms with Gasteiger partial charge in [0.2, 0.25) is 0 Å². The molecule has 1 rings (SSSR count). The van der Waals surface area contributed by atoms with Crippen LogP contribution in [0.5, 0.6) is 0 Å². The van der Waals surface area contributed by atoms with Gasteiger partial charge in [-0.2, -0.15) is 5.26 Å². The zero-order valence-electron chi connectivity index (χ0n) is 11.8. The molecular weight excluding hydrogens is 210 g/mol. The van der Waals surface area contributed by atoms with Crippen LogP contribution in [-0.2, 0) is 0 Å². The van der Waals surface area contributed by atoms with Gasteiger partial charge in [-0.15, -0.1) is 0 Å². The topological polar surface area (TPSA) is 39.1 Å². The summed E-state index contributed by atoms with van der Waals surface area (Å²) in [5.74, 6) is 0.921. The Kier molecular flexibility index (Phi) is 5.42. The maximum absolute atomic E-state index is 9.18. The third kappa shape index (κ3) is 3.97. The van der Waals surface area contributed by atoms with E-state index < -0.39 is 0 Å². The van der Waals surface area contributed by atoms with E-state index in [0.29, 0.717) is 6.04 Å². The van der Waals surface area contributed by atoms with Gasteiger partial charge < -0.3 is 10.2 Å². The summed E-state index contributed by atoms with van der Waals surface area (Å²) in [5.41, 5.74) is -0.388. The second-order valence-electron chi connectivity index (χ2n) is 5.63. The largest absolute Gasteiger partial charge is 0.303 e. The van der Waals surface area contributed by atoms with E-state index >= 15 is 0 Å². The molecule has 3 nitrogen and oxygen atoms in total. The molecule has 0 aromatic heterocycles. The first kappa shape index (κ1) is 14.5. The lowest BCUT2D eigenvalue weighted by Crippen LogP contribution is -2.47.